The van der Waals surface area contributed by atoms with E-state index in [0.717, 1.165) is 5.56 Å². The zero-order valence-corrected chi connectivity index (χ0v) is 16.4. The van der Waals surface area contributed by atoms with Crippen molar-refractivity contribution < 1.29 is 24.2 Å². The average molecular weight is 395 g/mol. The van der Waals surface area contributed by atoms with Crippen LogP contribution >= 0.6 is 0 Å². The molecule has 1 amide bonds. The minimum Gasteiger partial charge on any atom is -0.494 e. The molecule has 2 heterocycles. The fourth-order valence-electron chi connectivity index (χ4n) is 3.87. The second-order valence-corrected chi connectivity index (χ2v) is 7.31. The number of β-amino-alcohol motifs (C(OH)–C–C–N with tert-alkyl or cyclic N) is 1. The van der Waals surface area contributed by atoms with Crippen LogP contribution < -0.4 is 4.74 Å². The second-order valence-electron chi connectivity index (χ2n) is 7.31. The van der Waals surface area contributed by atoms with Crippen molar-refractivity contribution in [2.75, 3.05) is 26.3 Å². The molecule has 2 aromatic carbocycles. The third kappa shape index (κ3) is 3.73. The van der Waals surface area contributed by atoms with Gasteiger partial charge in [-0.05, 0) is 31.5 Å². The lowest BCUT2D eigenvalue weighted by Crippen LogP contribution is -2.47. The van der Waals surface area contributed by atoms with Crippen molar-refractivity contribution in [3.63, 3.8) is 0 Å². The SMILES string of the molecule is CCOc1ccc2oc(-c3ccccc3)c(C(=O)N3CC[C@H](CO)[C@@H](O)C3)c2c1. The van der Waals surface area contributed by atoms with Gasteiger partial charge >= 0.3 is 0 Å². The molecule has 2 N–H and O–H groups in total. The molecule has 0 aliphatic carbocycles. The van der Waals surface area contributed by atoms with Crippen LogP contribution in [0.5, 0.6) is 5.75 Å². The molecule has 29 heavy (non-hydrogen) atoms. The maximum Gasteiger partial charge on any atom is 0.258 e. The van der Waals surface area contributed by atoms with Crippen LogP contribution in [-0.4, -0.2) is 53.4 Å². The highest BCUT2D eigenvalue weighted by atomic mass is 16.5. The first-order chi connectivity index (χ1) is 14.1. The van der Waals surface area contributed by atoms with Gasteiger partial charge in [0.2, 0.25) is 0 Å². The van der Waals surface area contributed by atoms with Crippen molar-refractivity contribution in [2.24, 2.45) is 5.92 Å². The number of carbonyl (C=O) groups excluding carboxylic acids is 1. The smallest absolute Gasteiger partial charge is 0.258 e. The maximum absolute atomic E-state index is 13.5. The minimum absolute atomic E-state index is 0.0786. The number of ether oxygens (including phenoxy) is 1. The van der Waals surface area contributed by atoms with E-state index in [1.807, 2.05) is 55.5 Å². The summed E-state index contributed by atoms with van der Waals surface area (Å²) in [6.45, 7) is 3.03. The van der Waals surface area contributed by atoms with E-state index in [2.05, 4.69) is 0 Å². The van der Waals surface area contributed by atoms with Gasteiger partial charge < -0.3 is 24.3 Å². The third-order valence-corrected chi connectivity index (χ3v) is 5.46. The molecule has 2 atom stereocenters. The number of likely N-dealkylation sites (tertiary alicyclic amines) is 1. The van der Waals surface area contributed by atoms with Gasteiger partial charge in [0.1, 0.15) is 17.1 Å². The third-order valence-electron chi connectivity index (χ3n) is 5.46. The molecule has 6 nitrogen and oxygen atoms in total. The molecule has 3 aromatic rings. The number of hydrogen-bond donors (Lipinski definition) is 2. The number of fused-ring (bicyclic) bond motifs is 1. The van der Waals surface area contributed by atoms with Crippen LogP contribution in [0.25, 0.3) is 22.3 Å². The van der Waals surface area contributed by atoms with Crippen molar-refractivity contribution in [2.45, 2.75) is 19.4 Å². The van der Waals surface area contributed by atoms with E-state index in [1.165, 1.54) is 0 Å². The molecule has 1 fully saturated rings. The standard InChI is InChI=1S/C23H25NO5/c1-2-28-17-8-9-20-18(12-17)21(22(29-20)15-6-4-3-5-7-15)23(27)24-11-10-16(14-25)19(26)13-24/h3-9,12,16,19,25-26H,2,10-11,13-14H2,1H3/t16-,19+/m1/s1. The summed E-state index contributed by atoms with van der Waals surface area (Å²) in [6, 6.07) is 15.0. The number of nitrogens with zero attached hydrogens (tertiary/aromatic N) is 1. The number of furan rings is 1. The van der Waals surface area contributed by atoms with Crippen molar-refractivity contribution in [1.29, 1.82) is 0 Å². The molecule has 6 heteroatoms. The molecule has 1 aliphatic heterocycles. The van der Waals surface area contributed by atoms with Crippen LogP contribution in [-0.2, 0) is 0 Å². The maximum atomic E-state index is 13.5. The van der Waals surface area contributed by atoms with Crippen LogP contribution in [0.2, 0.25) is 0 Å². The summed E-state index contributed by atoms with van der Waals surface area (Å²) in [7, 11) is 0. The summed E-state index contributed by atoms with van der Waals surface area (Å²) >= 11 is 0. The Morgan fingerprint density at radius 3 is 2.72 bits per heavy atom. The van der Waals surface area contributed by atoms with Crippen molar-refractivity contribution in [1.82, 2.24) is 4.90 Å². The monoisotopic (exact) mass is 395 g/mol. The van der Waals surface area contributed by atoms with Gasteiger partial charge in [-0.3, -0.25) is 4.79 Å². The number of carbonyl (C=O) groups is 1. The largest absolute Gasteiger partial charge is 0.494 e. The van der Waals surface area contributed by atoms with Crippen LogP contribution in [0.15, 0.2) is 52.9 Å². The second kappa shape index (κ2) is 8.27. The Morgan fingerprint density at radius 2 is 2.03 bits per heavy atom. The lowest BCUT2D eigenvalue weighted by atomic mass is 9.94. The van der Waals surface area contributed by atoms with Crippen LogP contribution in [0, 0.1) is 5.92 Å². The fraction of sp³-hybridized carbons (Fsp3) is 0.348. The quantitative estimate of drug-likeness (QED) is 0.693. The predicted molar refractivity (Wildman–Crippen MR) is 110 cm³/mol. The van der Waals surface area contributed by atoms with Gasteiger partial charge in [-0.2, -0.15) is 0 Å². The number of benzene rings is 2. The zero-order chi connectivity index (χ0) is 20.4. The van der Waals surface area contributed by atoms with E-state index in [1.54, 1.807) is 4.90 Å². The first-order valence-electron chi connectivity index (χ1n) is 9.95. The normalized spacial score (nSPS) is 19.5. The van der Waals surface area contributed by atoms with Gasteiger partial charge in [0.05, 0.1) is 18.3 Å². The number of rotatable bonds is 5. The Labute approximate surface area is 169 Å². The highest BCUT2D eigenvalue weighted by Crippen LogP contribution is 2.37. The lowest BCUT2D eigenvalue weighted by molar-refractivity contribution is 0.000947. The Balaban J connectivity index is 1.80. The summed E-state index contributed by atoms with van der Waals surface area (Å²) in [5.74, 6) is 0.802. The Bertz CT molecular complexity index is 997. The average Bonchev–Trinajstić information content (AvgIpc) is 3.13. The highest BCUT2D eigenvalue weighted by Gasteiger charge is 2.33. The van der Waals surface area contributed by atoms with Gasteiger partial charge in [0.15, 0.2) is 0 Å². The number of hydrogen-bond acceptors (Lipinski definition) is 5. The number of aliphatic hydroxyl groups excluding tert-OH is 2. The molecule has 0 unspecified atom stereocenters. The van der Waals surface area contributed by atoms with E-state index in [9.17, 15) is 15.0 Å². The molecule has 1 aromatic heterocycles. The number of aliphatic hydroxyl groups is 2. The Hall–Kier alpha value is -2.83. The molecule has 1 aliphatic rings. The number of amides is 1. The topological polar surface area (TPSA) is 83.1 Å². The number of piperidine rings is 1. The molecular weight excluding hydrogens is 370 g/mol. The van der Waals surface area contributed by atoms with Gasteiger partial charge in [0, 0.05) is 36.6 Å². The Kier molecular flexibility index (Phi) is 5.56. The van der Waals surface area contributed by atoms with Crippen LogP contribution in [0.1, 0.15) is 23.7 Å². The van der Waals surface area contributed by atoms with E-state index >= 15 is 0 Å². The van der Waals surface area contributed by atoms with Gasteiger partial charge in [-0.15, -0.1) is 0 Å². The van der Waals surface area contributed by atoms with E-state index in [0.29, 0.717) is 47.6 Å². The molecule has 152 valence electrons. The summed E-state index contributed by atoms with van der Waals surface area (Å²) in [6.07, 6.45) is -0.181. The summed E-state index contributed by atoms with van der Waals surface area (Å²) in [4.78, 5) is 15.2. The van der Waals surface area contributed by atoms with E-state index in [-0.39, 0.29) is 25.0 Å². The first-order valence-corrected chi connectivity index (χ1v) is 9.95. The molecule has 1 saturated heterocycles. The minimum atomic E-state index is -0.741. The first kappa shape index (κ1) is 19.5. The molecule has 0 bridgehead atoms. The van der Waals surface area contributed by atoms with Gasteiger partial charge in [-0.25, -0.2) is 0 Å². The predicted octanol–water partition coefficient (Wildman–Crippen LogP) is 3.31. The van der Waals surface area contributed by atoms with Crippen molar-refractivity contribution in [3.8, 4) is 17.1 Å². The van der Waals surface area contributed by atoms with Crippen molar-refractivity contribution in [3.05, 3.63) is 54.1 Å². The fourth-order valence-corrected chi connectivity index (χ4v) is 3.87. The highest BCUT2D eigenvalue weighted by molar-refractivity contribution is 6.11. The van der Waals surface area contributed by atoms with Crippen LogP contribution in [0.4, 0.5) is 0 Å². The summed E-state index contributed by atoms with van der Waals surface area (Å²) in [5, 5.41) is 20.4. The molecule has 0 spiro atoms. The lowest BCUT2D eigenvalue weighted by Gasteiger charge is -2.35. The molecule has 0 saturated carbocycles. The van der Waals surface area contributed by atoms with Gasteiger partial charge in [0.25, 0.3) is 5.91 Å². The summed E-state index contributed by atoms with van der Waals surface area (Å²) in [5.41, 5.74) is 1.90. The molecule has 0 radical (unpaired) electrons. The van der Waals surface area contributed by atoms with Crippen molar-refractivity contribution >= 4 is 16.9 Å². The zero-order valence-electron chi connectivity index (χ0n) is 16.4. The molecule has 4 rings (SSSR count). The van der Waals surface area contributed by atoms with E-state index < -0.39 is 6.10 Å². The van der Waals surface area contributed by atoms with Gasteiger partial charge in [-0.1, -0.05) is 30.3 Å². The summed E-state index contributed by atoms with van der Waals surface area (Å²) < 4.78 is 11.7. The molecular formula is C23H25NO5. The Morgan fingerprint density at radius 1 is 1.24 bits per heavy atom. The van der Waals surface area contributed by atoms with E-state index in [4.69, 9.17) is 9.15 Å². The van der Waals surface area contributed by atoms with Crippen LogP contribution in [0.3, 0.4) is 0 Å².